The molecule has 2 aromatic rings. The first-order valence-electron chi connectivity index (χ1n) is 7.21. The average Bonchev–Trinajstić information content (AvgIpc) is 2.65. The molecule has 2 aromatic carbocycles. The second-order valence-electron chi connectivity index (χ2n) is 5.38. The number of benzene rings is 2. The summed E-state index contributed by atoms with van der Waals surface area (Å²) in [4.78, 5) is 23.5. The number of hydrogen-bond acceptors (Lipinski definition) is 4. The Morgan fingerprint density at radius 1 is 1.21 bits per heavy atom. The summed E-state index contributed by atoms with van der Waals surface area (Å²) >= 11 is 7.30. The Morgan fingerprint density at radius 3 is 2.67 bits per heavy atom. The van der Waals surface area contributed by atoms with Gasteiger partial charge in [-0.3, -0.25) is 9.59 Å². The molecule has 0 saturated carbocycles. The molecule has 0 fully saturated rings. The first-order valence-corrected chi connectivity index (χ1v) is 8.53. The van der Waals surface area contributed by atoms with Gasteiger partial charge in [0.1, 0.15) is 5.75 Å². The number of carboxylic acid groups (broad SMARTS) is 1. The van der Waals surface area contributed by atoms with Crippen molar-refractivity contribution in [3.8, 4) is 5.75 Å². The zero-order valence-corrected chi connectivity index (χ0v) is 14.0. The molecule has 1 amide bonds. The summed E-state index contributed by atoms with van der Waals surface area (Å²) in [5.41, 5.74) is 1.91. The highest BCUT2D eigenvalue weighted by atomic mass is 35.5. The van der Waals surface area contributed by atoms with Crippen LogP contribution in [0.4, 0.5) is 5.69 Å². The fourth-order valence-electron chi connectivity index (χ4n) is 2.63. The summed E-state index contributed by atoms with van der Waals surface area (Å²) in [6.45, 7) is 0. The van der Waals surface area contributed by atoms with Crippen LogP contribution in [0.25, 0.3) is 0 Å². The summed E-state index contributed by atoms with van der Waals surface area (Å²) in [5.74, 6) is -1.34. The lowest BCUT2D eigenvalue weighted by atomic mass is 10.0. The SMILES string of the molecule is O=C(O)CC1SC(c2ccccc2O)c2cc(Cl)ccc2NC1=O. The van der Waals surface area contributed by atoms with Crippen molar-refractivity contribution in [3.05, 3.63) is 58.6 Å². The third kappa shape index (κ3) is 3.34. The predicted octanol–water partition coefficient (Wildman–Crippen LogP) is 3.66. The van der Waals surface area contributed by atoms with E-state index in [0.717, 1.165) is 5.56 Å². The van der Waals surface area contributed by atoms with E-state index in [2.05, 4.69) is 5.32 Å². The molecule has 7 heteroatoms. The Balaban J connectivity index is 2.12. The van der Waals surface area contributed by atoms with Gasteiger partial charge in [-0.1, -0.05) is 29.8 Å². The van der Waals surface area contributed by atoms with Crippen molar-refractivity contribution in [1.29, 1.82) is 0 Å². The molecule has 124 valence electrons. The maximum Gasteiger partial charge on any atom is 0.305 e. The van der Waals surface area contributed by atoms with Crippen LogP contribution in [-0.4, -0.2) is 27.3 Å². The van der Waals surface area contributed by atoms with Gasteiger partial charge in [0.15, 0.2) is 0 Å². The highest BCUT2D eigenvalue weighted by molar-refractivity contribution is 8.01. The lowest BCUT2D eigenvalue weighted by Gasteiger charge is -2.20. The van der Waals surface area contributed by atoms with Crippen LogP contribution in [0.5, 0.6) is 5.75 Å². The number of phenolic OH excluding ortho intramolecular Hbond substituents is 1. The van der Waals surface area contributed by atoms with Gasteiger partial charge in [-0.25, -0.2) is 0 Å². The number of para-hydroxylation sites is 1. The van der Waals surface area contributed by atoms with E-state index in [-0.39, 0.29) is 18.1 Å². The van der Waals surface area contributed by atoms with E-state index in [1.807, 2.05) is 0 Å². The number of aromatic hydroxyl groups is 1. The van der Waals surface area contributed by atoms with Gasteiger partial charge in [0.25, 0.3) is 0 Å². The maximum atomic E-state index is 12.4. The molecule has 3 rings (SSSR count). The van der Waals surface area contributed by atoms with Gasteiger partial charge in [0, 0.05) is 16.3 Å². The number of carboxylic acids is 1. The second-order valence-corrected chi connectivity index (χ2v) is 7.13. The van der Waals surface area contributed by atoms with Gasteiger partial charge in [-0.2, -0.15) is 0 Å². The first-order chi connectivity index (χ1) is 11.5. The van der Waals surface area contributed by atoms with Crippen LogP contribution in [0, 0.1) is 0 Å². The summed E-state index contributed by atoms with van der Waals surface area (Å²) in [5, 5.41) is 21.4. The number of aliphatic carboxylic acids is 1. The fraction of sp³-hybridized carbons (Fsp3) is 0.176. The Kier molecular flexibility index (Phi) is 4.69. The minimum Gasteiger partial charge on any atom is -0.508 e. The van der Waals surface area contributed by atoms with Gasteiger partial charge in [0.2, 0.25) is 5.91 Å². The molecule has 0 aromatic heterocycles. The molecule has 1 aliphatic heterocycles. The Morgan fingerprint density at radius 2 is 1.96 bits per heavy atom. The minimum atomic E-state index is -1.05. The normalized spacial score (nSPS) is 20.0. The number of fused-ring (bicyclic) bond motifs is 1. The standard InChI is InChI=1S/C17H14ClNO4S/c18-9-5-6-12-11(7-9)16(10-3-1-2-4-13(10)20)24-14(8-15(21)22)17(23)19-12/h1-7,14,16,20H,8H2,(H,19,23)(H,21,22). The van der Waals surface area contributed by atoms with Crippen molar-refractivity contribution >= 4 is 40.9 Å². The van der Waals surface area contributed by atoms with Crippen molar-refractivity contribution in [2.45, 2.75) is 16.9 Å². The molecule has 1 heterocycles. The largest absolute Gasteiger partial charge is 0.508 e. The third-order valence-electron chi connectivity index (χ3n) is 3.73. The minimum absolute atomic E-state index is 0.0874. The Labute approximate surface area is 147 Å². The maximum absolute atomic E-state index is 12.4. The lowest BCUT2D eigenvalue weighted by molar-refractivity contribution is -0.138. The second kappa shape index (κ2) is 6.75. The number of anilines is 1. The summed E-state index contributed by atoms with van der Waals surface area (Å²) in [7, 11) is 0. The van der Waals surface area contributed by atoms with E-state index < -0.39 is 16.5 Å². The number of amides is 1. The van der Waals surface area contributed by atoms with E-state index in [4.69, 9.17) is 16.7 Å². The van der Waals surface area contributed by atoms with E-state index in [9.17, 15) is 14.7 Å². The number of carbonyl (C=O) groups is 2. The van der Waals surface area contributed by atoms with E-state index >= 15 is 0 Å². The molecule has 0 spiro atoms. The van der Waals surface area contributed by atoms with Crippen molar-refractivity contribution in [3.63, 3.8) is 0 Å². The number of hydrogen-bond donors (Lipinski definition) is 3. The quantitative estimate of drug-likeness (QED) is 0.774. The van der Waals surface area contributed by atoms with Crippen LogP contribution in [0.15, 0.2) is 42.5 Å². The number of halogens is 1. The number of thioether (sulfide) groups is 1. The molecule has 1 aliphatic rings. The number of carbonyl (C=O) groups excluding carboxylic acids is 1. The number of phenols is 1. The third-order valence-corrected chi connectivity index (χ3v) is 5.45. The van der Waals surface area contributed by atoms with Crippen molar-refractivity contribution in [1.82, 2.24) is 0 Å². The number of rotatable bonds is 3. The lowest BCUT2D eigenvalue weighted by Crippen LogP contribution is -2.26. The monoisotopic (exact) mass is 363 g/mol. The van der Waals surface area contributed by atoms with Gasteiger partial charge >= 0.3 is 5.97 Å². The molecule has 0 radical (unpaired) electrons. The summed E-state index contributed by atoms with van der Waals surface area (Å²) < 4.78 is 0. The molecule has 5 nitrogen and oxygen atoms in total. The molecule has 0 saturated heterocycles. The van der Waals surface area contributed by atoms with Crippen molar-refractivity contribution in [2.24, 2.45) is 0 Å². The summed E-state index contributed by atoms with van der Waals surface area (Å²) in [6.07, 6.45) is -0.303. The van der Waals surface area contributed by atoms with Crippen molar-refractivity contribution in [2.75, 3.05) is 5.32 Å². The van der Waals surface area contributed by atoms with Crippen LogP contribution in [-0.2, 0) is 9.59 Å². The molecule has 24 heavy (non-hydrogen) atoms. The van der Waals surface area contributed by atoms with Crippen LogP contribution in [0.3, 0.4) is 0 Å². The molecular weight excluding hydrogens is 350 g/mol. The zero-order chi connectivity index (χ0) is 17.3. The summed E-state index contributed by atoms with van der Waals surface area (Å²) in [6, 6.07) is 11.9. The van der Waals surface area contributed by atoms with Gasteiger partial charge < -0.3 is 15.5 Å². The number of nitrogens with one attached hydrogen (secondary N) is 1. The molecular formula is C17H14ClNO4S. The van der Waals surface area contributed by atoms with Gasteiger partial charge in [-0.05, 0) is 29.8 Å². The molecule has 2 atom stereocenters. The topological polar surface area (TPSA) is 86.6 Å². The molecule has 3 N–H and O–H groups in total. The van der Waals surface area contributed by atoms with E-state index in [1.54, 1.807) is 42.5 Å². The van der Waals surface area contributed by atoms with Gasteiger partial charge in [-0.15, -0.1) is 11.8 Å². The Hall–Kier alpha value is -2.18. The zero-order valence-electron chi connectivity index (χ0n) is 12.4. The van der Waals surface area contributed by atoms with Crippen LogP contribution in [0.2, 0.25) is 5.02 Å². The average molecular weight is 364 g/mol. The molecule has 0 bridgehead atoms. The van der Waals surface area contributed by atoms with E-state index in [0.29, 0.717) is 16.3 Å². The fourth-order valence-corrected chi connectivity index (χ4v) is 4.24. The van der Waals surface area contributed by atoms with Crippen LogP contribution >= 0.6 is 23.4 Å². The van der Waals surface area contributed by atoms with E-state index in [1.165, 1.54) is 11.8 Å². The van der Waals surface area contributed by atoms with Gasteiger partial charge in [0.05, 0.1) is 16.9 Å². The molecule has 0 aliphatic carbocycles. The van der Waals surface area contributed by atoms with Crippen molar-refractivity contribution < 1.29 is 19.8 Å². The van der Waals surface area contributed by atoms with Crippen LogP contribution in [0.1, 0.15) is 22.8 Å². The Bertz CT molecular complexity index is 811. The highest BCUT2D eigenvalue weighted by Crippen LogP contribution is 2.47. The first kappa shape index (κ1) is 16.7. The predicted molar refractivity (Wildman–Crippen MR) is 93.7 cm³/mol. The highest BCUT2D eigenvalue weighted by Gasteiger charge is 2.34. The smallest absolute Gasteiger partial charge is 0.305 e. The molecule has 2 unspecified atom stereocenters. The van der Waals surface area contributed by atoms with Crippen LogP contribution < -0.4 is 5.32 Å².